The molecule has 1 aliphatic heterocycles. The molecule has 29 heavy (non-hydrogen) atoms. The predicted molar refractivity (Wildman–Crippen MR) is 123 cm³/mol. The van der Waals surface area contributed by atoms with Crippen LogP contribution < -0.4 is 5.32 Å². The van der Waals surface area contributed by atoms with Crippen molar-refractivity contribution in [2.75, 3.05) is 0 Å². The molecule has 0 fully saturated rings. The monoisotopic (exact) mass is 395 g/mol. The second-order valence-corrected chi connectivity index (χ2v) is 8.44. The summed E-state index contributed by atoms with van der Waals surface area (Å²) in [6.45, 7) is 14.8. The minimum absolute atomic E-state index is 0.221. The lowest BCUT2D eigenvalue weighted by atomic mass is 9.96. The molecule has 1 rings (SSSR count). The Hall–Kier alpha value is -2.42. The van der Waals surface area contributed by atoms with Gasteiger partial charge in [0, 0.05) is 5.70 Å². The van der Waals surface area contributed by atoms with E-state index < -0.39 is 0 Å². The molecule has 3 nitrogen and oxygen atoms in total. The number of hydrogen-bond donors (Lipinski definition) is 1. The summed E-state index contributed by atoms with van der Waals surface area (Å²) in [5.41, 5.74) is 4.84. The van der Waals surface area contributed by atoms with E-state index >= 15 is 0 Å². The van der Waals surface area contributed by atoms with Gasteiger partial charge in [-0.2, -0.15) is 0 Å². The van der Waals surface area contributed by atoms with Gasteiger partial charge in [-0.25, -0.2) is 0 Å². The van der Waals surface area contributed by atoms with Crippen LogP contribution in [0.4, 0.5) is 0 Å². The minimum atomic E-state index is -0.308. The highest BCUT2D eigenvalue weighted by atomic mass is 16.2. The number of carbonyl (C=O) groups is 2. The summed E-state index contributed by atoms with van der Waals surface area (Å²) in [4.78, 5) is 24.2. The van der Waals surface area contributed by atoms with Crippen molar-refractivity contribution in [1.29, 1.82) is 0 Å². The van der Waals surface area contributed by atoms with Gasteiger partial charge in [0.05, 0.1) is 5.57 Å². The summed E-state index contributed by atoms with van der Waals surface area (Å²) in [6.07, 6.45) is 16.4. The first-order valence-electron chi connectivity index (χ1n) is 10.6. The molecule has 0 aromatic heterocycles. The van der Waals surface area contributed by atoms with Gasteiger partial charge >= 0.3 is 0 Å². The van der Waals surface area contributed by atoms with Crippen molar-refractivity contribution in [3.8, 4) is 0 Å². The normalized spacial score (nSPS) is 18.6. The highest BCUT2D eigenvalue weighted by Gasteiger charge is 2.23. The second-order valence-electron chi connectivity index (χ2n) is 8.44. The van der Waals surface area contributed by atoms with Crippen molar-refractivity contribution >= 4 is 11.7 Å². The number of hydrogen-bond acceptors (Lipinski definition) is 2. The molecule has 0 saturated heterocycles. The Labute approximate surface area is 177 Å². The Balaban J connectivity index is 2.52. The van der Waals surface area contributed by atoms with E-state index in [0.717, 1.165) is 19.3 Å². The molecule has 0 bridgehead atoms. The smallest absolute Gasteiger partial charge is 0.259 e. The van der Waals surface area contributed by atoms with E-state index in [4.69, 9.17) is 0 Å². The quantitative estimate of drug-likeness (QED) is 0.265. The van der Waals surface area contributed by atoms with Crippen LogP contribution in [-0.2, 0) is 9.59 Å². The van der Waals surface area contributed by atoms with Crippen LogP contribution in [0.25, 0.3) is 0 Å². The van der Waals surface area contributed by atoms with E-state index in [9.17, 15) is 9.59 Å². The summed E-state index contributed by atoms with van der Waals surface area (Å²) < 4.78 is 0. The molecule has 0 radical (unpaired) electrons. The number of nitrogens with one attached hydrogen (secondary N) is 1. The molecule has 1 atom stereocenters. The molecule has 1 amide bonds. The van der Waals surface area contributed by atoms with E-state index in [1.807, 2.05) is 32.9 Å². The molecule has 1 heterocycles. The maximum Gasteiger partial charge on any atom is 0.259 e. The zero-order valence-corrected chi connectivity index (χ0v) is 19.1. The molecule has 0 aromatic rings. The summed E-state index contributed by atoms with van der Waals surface area (Å²) in [5, 5.41) is 2.74. The van der Waals surface area contributed by atoms with Gasteiger partial charge in [-0.1, -0.05) is 67.9 Å². The highest BCUT2D eigenvalue weighted by Crippen LogP contribution is 2.19. The Morgan fingerprint density at radius 3 is 2.41 bits per heavy atom. The minimum Gasteiger partial charge on any atom is -0.322 e. The molecule has 0 saturated carbocycles. The summed E-state index contributed by atoms with van der Waals surface area (Å²) in [7, 11) is 0. The first-order valence-corrected chi connectivity index (χ1v) is 10.6. The standard InChI is InChI=1S/C26H37NO2/c1-8-19(4)14-21(6)16-22(7)15-20(5)11-9-10-12-25(28)24-17-23(13-18(2)3)27-26(24)29/h8,10,12-14,16-18,20H,9,11,15H2,1-7H3,(H,27,29)/b12-10+,19-8+,21-14+,22-16+,23-13-/t20-/m1/s1. The van der Waals surface area contributed by atoms with E-state index in [1.54, 1.807) is 6.08 Å². The largest absolute Gasteiger partial charge is 0.322 e. The van der Waals surface area contributed by atoms with Gasteiger partial charge in [-0.05, 0) is 70.9 Å². The van der Waals surface area contributed by atoms with Gasteiger partial charge < -0.3 is 5.32 Å². The summed E-state index contributed by atoms with van der Waals surface area (Å²) >= 11 is 0. The lowest BCUT2D eigenvalue weighted by Crippen LogP contribution is -2.19. The predicted octanol–water partition coefficient (Wildman–Crippen LogP) is 6.37. The highest BCUT2D eigenvalue weighted by molar-refractivity contribution is 6.25. The van der Waals surface area contributed by atoms with E-state index in [-0.39, 0.29) is 17.3 Å². The lowest BCUT2D eigenvalue weighted by molar-refractivity contribution is -0.119. The van der Waals surface area contributed by atoms with Crippen LogP contribution in [0.5, 0.6) is 0 Å². The fourth-order valence-corrected chi connectivity index (χ4v) is 3.33. The molecular formula is C26H37NO2. The van der Waals surface area contributed by atoms with Gasteiger partial charge in [0.2, 0.25) is 0 Å². The zero-order valence-electron chi connectivity index (χ0n) is 19.1. The number of ketones is 1. The van der Waals surface area contributed by atoms with Crippen LogP contribution in [0.1, 0.15) is 67.7 Å². The van der Waals surface area contributed by atoms with Crippen LogP contribution >= 0.6 is 0 Å². The maximum absolute atomic E-state index is 12.3. The van der Waals surface area contributed by atoms with Gasteiger partial charge in [-0.15, -0.1) is 0 Å². The van der Waals surface area contributed by atoms with Gasteiger partial charge in [-0.3, -0.25) is 9.59 Å². The molecular weight excluding hydrogens is 358 g/mol. The van der Waals surface area contributed by atoms with Crippen LogP contribution in [0.15, 0.2) is 70.5 Å². The third kappa shape index (κ3) is 9.56. The topological polar surface area (TPSA) is 46.2 Å². The van der Waals surface area contributed by atoms with Crippen LogP contribution in [0, 0.1) is 11.8 Å². The molecule has 3 heteroatoms. The Bertz CT molecular complexity index is 786. The fourth-order valence-electron chi connectivity index (χ4n) is 3.33. The fraction of sp³-hybridized carbons (Fsp3) is 0.462. The van der Waals surface area contributed by atoms with Crippen molar-refractivity contribution in [1.82, 2.24) is 5.32 Å². The zero-order chi connectivity index (χ0) is 22.0. The molecule has 0 unspecified atom stereocenters. The summed E-state index contributed by atoms with van der Waals surface area (Å²) in [5.74, 6) is 0.323. The molecule has 0 aromatic carbocycles. The number of allylic oxidation sites excluding steroid dienone is 10. The van der Waals surface area contributed by atoms with Crippen molar-refractivity contribution < 1.29 is 9.59 Å². The van der Waals surface area contributed by atoms with Crippen molar-refractivity contribution in [3.63, 3.8) is 0 Å². The third-order valence-corrected chi connectivity index (χ3v) is 4.73. The number of amides is 1. The van der Waals surface area contributed by atoms with Gasteiger partial charge in [0.1, 0.15) is 0 Å². The number of carbonyl (C=O) groups excluding carboxylic acids is 2. The first kappa shape index (κ1) is 24.6. The number of rotatable bonds is 10. The molecule has 158 valence electrons. The van der Waals surface area contributed by atoms with Crippen molar-refractivity contribution in [2.24, 2.45) is 11.8 Å². The van der Waals surface area contributed by atoms with E-state index in [2.05, 4.69) is 51.2 Å². The maximum atomic E-state index is 12.3. The Morgan fingerprint density at radius 1 is 1.10 bits per heavy atom. The van der Waals surface area contributed by atoms with Gasteiger partial charge in [0.25, 0.3) is 5.91 Å². The molecule has 0 aliphatic carbocycles. The Kier molecular flexibility index (Phi) is 10.4. The van der Waals surface area contributed by atoms with Crippen molar-refractivity contribution in [2.45, 2.75) is 67.7 Å². The van der Waals surface area contributed by atoms with Crippen LogP contribution in [0.2, 0.25) is 0 Å². The lowest BCUT2D eigenvalue weighted by Gasteiger charge is -2.10. The second kappa shape index (κ2) is 12.2. The molecule has 1 N–H and O–H groups in total. The Morgan fingerprint density at radius 2 is 1.79 bits per heavy atom. The van der Waals surface area contributed by atoms with E-state index in [1.165, 1.54) is 22.8 Å². The third-order valence-electron chi connectivity index (χ3n) is 4.73. The average molecular weight is 396 g/mol. The average Bonchev–Trinajstić information content (AvgIpc) is 2.97. The van der Waals surface area contributed by atoms with E-state index in [0.29, 0.717) is 17.5 Å². The van der Waals surface area contributed by atoms with Crippen molar-refractivity contribution in [3.05, 3.63) is 70.5 Å². The van der Waals surface area contributed by atoms with Crippen LogP contribution in [-0.4, -0.2) is 11.7 Å². The first-order chi connectivity index (χ1) is 13.6. The molecule has 0 spiro atoms. The van der Waals surface area contributed by atoms with Gasteiger partial charge in [0.15, 0.2) is 5.78 Å². The SMILES string of the molecule is C/C=C(C)/C=C(C)/C=C(\C)C[C@H](C)CC/C=C/C(=O)C1=C/C(=C/C(C)C)NC1=O. The molecule has 1 aliphatic rings. The van der Waals surface area contributed by atoms with Crippen LogP contribution in [0.3, 0.4) is 0 Å². The summed E-state index contributed by atoms with van der Waals surface area (Å²) in [6, 6.07) is 0.